The Morgan fingerprint density at radius 2 is 2.17 bits per heavy atom. The number of thioether (sulfide) groups is 1. The third-order valence-corrected chi connectivity index (χ3v) is 4.15. The van der Waals surface area contributed by atoms with Gasteiger partial charge in [0, 0.05) is 25.4 Å². The molecular weight excluding hydrogens is 316 g/mol. The van der Waals surface area contributed by atoms with Gasteiger partial charge in [-0.05, 0) is 26.8 Å². The summed E-state index contributed by atoms with van der Waals surface area (Å²) < 4.78 is 6.59. The Bertz CT molecular complexity index is 678. The number of nitrogens with zero attached hydrogens (tertiary/aromatic N) is 4. The zero-order valence-electron chi connectivity index (χ0n) is 13.7. The molecule has 0 N–H and O–H groups in total. The molecule has 1 aliphatic heterocycles. The number of amides is 1. The molecule has 7 nitrogen and oxygen atoms in total. The number of likely N-dealkylation sites (N-methyl/N-ethyl adjacent to an activating group) is 1. The quantitative estimate of drug-likeness (QED) is 0.603. The molecule has 124 valence electrons. The number of hydrogen-bond donors (Lipinski definition) is 0. The molecule has 1 aromatic heterocycles. The first kappa shape index (κ1) is 17.3. The third-order valence-electron chi connectivity index (χ3n) is 3.20. The van der Waals surface area contributed by atoms with Crippen LogP contribution in [0.2, 0.25) is 0 Å². The highest BCUT2D eigenvalue weighted by Crippen LogP contribution is 2.24. The summed E-state index contributed by atoms with van der Waals surface area (Å²) in [6.45, 7) is 6.35. The molecule has 2 rings (SSSR count). The lowest BCUT2D eigenvalue weighted by Crippen LogP contribution is -2.30. The van der Waals surface area contributed by atoms with Crippen molar-refractivity contribution in [3.8, 4) is 0 Å². The van der Waals surface area contributed by atoms with Crippen LogP contribution < -0.4 is 0 Å². The highest BCUT2D eigenvalue weighted by molar-refractivity contribution is 8.14. The standard InChI is InChI=1S/C15H20N4O3S/c1-5-19-14(21)12(7-11-8-18(4)17-10(11)3)16-15(19)23-9-13(20)22-6-2/h7-8H,5-6,9H2,1-4H3/b12-7-. The summed E-state index contributed by atoms with van der Waals surface area (Å²) in [4.78, 5) is 29.8. The van der Waals surface area contributed by atoms with Gasteiger partial charge in [0.25, 0.3) is 5.91 Å². The maximum Gasteiger partial charge on any atom is 0.316 e. The van der Waals surface area contributed by atoms with Crippen LogP contribution in [0.1, 0.15) is 25.1 Å². The van der Waals surface area contributed by atoms with Crippen molar-refractivity contribution in [2.24, 2.45) is 12.0 Å². The Kier molecular flexibility index (Phi) is 5.59. The second-order valence-electron chi connectivity index (χ2n) is 4.91. The molecule has 0 saturated heterocycles. The van der Waals surface area contributed by atoms with E-state index in [9.17, 15) is 9.59 Å². The zero-order valence-corrected chi connectivity index (χ0v) is 14.5. The van der Waals surface area contributed by atoms with Gasteiger partial charge in [-0.15, -0.1) is 0 Å². The first-order valence-corrected chi connectivity index (χ1v) is 8.35. The topological polar surface area (TPSA) is 76.8 Å². The van der Waals surface area contributed by atoms with Crippen LogP contribution in [0.4, 0.5) is 0 Å². The van der Waals surface area contributed by atoms with Crippen LogP contribution in [0.15, 0.2) is 16.9 Å². The Balaban J connectivity index is 2.19. The molecule has 1 aliphatic rings. The minimum absolute atomic E-state index is 0.135. The second kappa shape index (κ2) is 7.45. The van der Waals surface area contributed by atoms with Crippen molar-refractivity contribution >= 4 is 34.9 Å². The van der Waals surface area contributed by atoms with E-state index in [0.29, 0.717) is 24.0 Å². The number of rotatable bonds is 5. The summed E-state index contributed by atoms with van der Waals surface area (Å²) in [5, 5.41) is 4.77. The van der Waals surface area contributed by atoms with Crippen molar-refractivity contribution in [3.63, 3.8) is 0 Å². The number of amidine groups is 1. The average Bonchev–Trinajstić information content (AvgIpc) is 2.97. The molecule has 0 bridgehead atoms. The number of aryl methyl sites for hydroxylation is 2. The molecule has 1 amide bonds. The minimum atomic E-state index is -0.316. The fourth-order valence-corrected chi connectivity index (χ4v) is 3.01. The van der Waals surface area contributed by atoms with Crippen LogP contribution in [-0.2, 0) is 21.4 Å². The van der Waals surface area contributed by atoms with E-state index in [-0.39, 0.29) is 17.6 Å². The number of carbonyl (C=O) groups excluding carboxylic acids is 2. The van der Waals surface area contributed by atoms with Gasteiger partial charge in [0.2, 0.25) is 0 Å². The number of esters is 1. The molecule has 0 unspecified atom stereocenters. The molecule has 0 aliphatic carbocycles. The summed E-state index contributed by atoms with van der Waals surface area (Å²) in [6.07, 6.45) is 3.57. The molecule has 0 saturated carbocycles. The van der Waals surface area contributed by atoms with Gasteiger partial charge in [0.1, 0.15) is 5.70 Å². The van der Waals surface area contributed by atoms with Crippen molar-refractivity contribution in [2.75, 3.05) is 18.9 Å². The highest BCUT2D eigenvalue weighted by atomic mass is 32.2. The van der Waals surface area contributed by atoms with E-state index in [1.54, 1.807) is 22.6 Å². The molecule has 1 aromatic rings. The van der Waals surface area contributed by atoms with Crippen molar-refractivity contribution in [2.45, 2.75) is 20.8 Å². The maximum absolute atomic E-state index is 12.4. The predicted octanol–water partition coefficient (Wildman–Crippen LogP) is 1.58. The summed E-state index contributed by atoms with van der Waals surface area (Å²) in [6, 6.07) is 0. The fourth-order valence-electron chi connectivity index (χ4n) is 2.15. The predicted molar refractivity (Wildman–Crippen MR) is 89.8 cm³/mol. The summed E-state index contributed by atoms with van der Waals surface area (Å²) >= 11 is 1.21. The monoisotopic (exact) mass is 336 g/mol. The van der Waals surface area contributed by atoms with Crippen LogP contribution in [0.5, 0.6) is 0 Å². The van der Waals surface area contributed by atoms with Gasteiger partial charge in [-0.2, -0.15) is 5.10 Å². The first-order chi connectivity index (χ1) is 11.0. The lowest BCUT2D eigenvalue weighted by molar-refractivity contribution is -0.139. The Labute approximate surface area is 139 Å². The van der Waals surface area contributed by atoms with Gasteiger partial charge in [0.05, 0.1) is 18.1 Å². The average molecular weight is 336 g/mol. The van der Waals surface area contributed by atoms with Gasteiger partial charge < -0.3 is 4.74 Å². The summed E-state index contributed by atoms with van der Waals surface area (Å²) in [7, 11) is 1.83. The number of ether oxygens (including phenoxy) is 1. The normalized spacial score (nSPS) is 16.2. The third kappa shape index (κ3) is 4.01. The van der Waals surface area contributed by atoms with E-state index >= 15 is 0 Å². The van der Waals surface area contributed by atoms with E-state index in [1.165, 1.54) is 11.8 Å². The van der Waals surface area contributed by atoms with Crippen LogP contribution in [-0.4, -0.2) is 50.6 Å². The molecule has 8 heteroatoms. The van der Waals surface area contributed by atoms with Gasteiger partial charge in [-0.1, -0.05) is 11.8 Å². The van der Waals surface area contributed by atoms with Crippen LogP contribution in [0.25, 0.3) is 6.08 Å². The van der Waals surface area contributed by atoms with E-state index in [2.05, 4.69) is 10.1 Å². The first-order valence-electron chi connectivity index (χ1n) is 7.37. The zero-order chi connectivity index (χ0) is 17.0. The van der Waals surface area contributed by atoms with Crippen molar-refractivity contribution < 1.29 is 14.3 Å². The molecule has 0 aromatic carbocycles. The maximum atomic E-state index is 12.4. The number of aliphatic imine (C=N–C) groups is 1. The van der Waals surface area contributed by atoms with Crippen LogP contribution in [0, 0.1) is 6.92 Å². The van der Waals surface area contributed by atoms with Gasteiger partial charge in [-0.3, -0.25) is 19.2 Å². The molecule has 0 spiro atoms. The lowest BCUT2D eigenvalue weighted by Gasteiger charge is -2.14. The fraction of sp³-hybridized carbons (Fsp3) is 0.467. The molecular formula is C15H20N4O3S. The molecule has 0 fully saturated rings. The Morgan fingerprint density at radius 3 is 2.74 bits per heavy atom. The van der Waals surface area contributed by atoms with E-state index in [4.69, 9.17) is 4.74 Å². The van der Waals surface area contributed by atoms with Crippen LogP contribution in [0.3, 0.4) is 0 Å². The van der Waals surface area contributed by atoms with Gasteiger partial charge in [-0.25, -0.2) is 4.99 Å². The van der Waals surface area contributed by atoms with E-state index in [0.717, 1.165) is 11.3 Å². The number of carbonyl (C=O) groups is 2. The summed E-state index contributed by atoms with van der Waals surface area (Å²) in [5.74, 6) is -0.346. The SMILES string of the molecule is CCOC(=O)CSC1=N/C(=C\c2cn(C)nc2C)C(=O)N1CC. The molecule has 0 atom stereocenters. The second-order valence-corrected chi connectivity index (χ2v) is 5.85. The number of hydrogen-bond acceptors (Lipinski definition) is 6. The molecule has 2 heterocycles. The lowest BCUT2D eigenvalue weighted by atomic mass is 10.2. The Hall–Kier alpha value is -2.09. The highest BCUT2D eigenvalue weighted by Gasteiger charge is 2.30. The van der Waals surface area contributed by atoms with Crippen molar-refractivity contribution in [1.29, 1.82) is 0 Å². The summed E-state index contributed by atoms with van der Waals surface area (Å²) in [5.41, 5.74) is 2.04. The van der Waals surface area contributed by atoms with Crippen molar-refractivity contribution in [1.82, 2.24) is 14.7 Å². The van der Waals surface area contributed by atoms with Crippen LogP contribution >= 0.6 is 11.8 Å². The number of aromatic nitrogens is 2. The van der Waals surface area contributed by atoms with E-state index in [1.807, 2.05) is 27.1 Å². The van der Waals surface area contributed by atoms with Gasteiger partial charge >= 0.3 is 5.97 Å². The van der Waals surface area contributed by atoms with Gasteiger partial charge in [0.15, 0.2) is 5.17 Å². The largest absolute Gasteiger partial charge is 0.465 e. The Morgan fingerprint density at radius 1 is 1.43 bits per heavy atom. The van der Waals surface area contributed by atoms with E-state index < -0.39 is 0 Å². The molecule has 0 radical (unpaired) electrons. The molecule has 23 heavy (non-hydrogen) atoms. The van der Waals surface area contributed by atoms with Crippen molar-refractivity contribution in [3.05, 3.63) is 23.2 Å². The smallest absolute Gasteiger partial charge is 0.316 e. The minimum Gasteiger partial charge on any atom is -0.465 e.